The molecule has 0 aromatic heterocycles. The van der Waals surface area contributed by atoms with Crippen LogP contribution in [0.25, 0.3) is 0 Å². The second-order valence-electron chi connectivity index (χ2n) is 6.86. The molecule has 7 heteroatoms. The Morgan fingerprint density at radius 2 is 1.83 bits per heavy atom. The lowest BCUT2D eigenvalue weighted by Crippen LogP contribution is -2.33. The van der Waals surface area contributed by atoms with Crippen molar-refractivity contribution in [3.8, 4) is 0 Å². The van der Waals surface area contributed by atoms with Crippen LogP contribution in [0, 0.1) is 0 Å². The first-order valence-electron chi connectivity index (χ1n) is 9.71. The van der Waals surface area contributed by atoms with Gasteiger partial charge in [0.05, 0.1) is 5.69 Å². The van der Waals surface area contributed by atoms with Crippen molar-refractivity contribution in [1.82, 2.24) is 10.2 Å². The van der Waals surface area contributed by atoms with Crippen LogP contribution in [0.3, 0.4) is 0 Å². The van der Waals surface area contributed by atoms with Crippen molar-refractivity contribution in [3.63, 3.8) is 0 Å². The van der Waals surface area contributed by atoms with Crippen LogP contribution in [0.15, 0.2) is 52.3 Å². The minimum atomic E-state index is -0.182. The van der Waals surface area contributed by atoms with Crippen LogP contribution in [0.5, 0.6) is 0 Å². The Morgan fingerprint density at radius 3 is 2.48 bits per heavy atom. The SMILES string of the molecule is CCCCN(C)CCNC(=O)c1ccc(Sc2ccc(Cl)cc2)c(NC(C)=O)c1. The highest BCUT2D eigenvalue weighted by atomic mass is 35.5. The molecule has 0 unspecified atom stereocenters. The van der Waals surface area contributed by atoms with Gasteiger partial charge in [-0.05, 0) is 62.5 Å². The second-order valence-corrected chi connectivity index (χ2v) is 8.41. The van der Waals surface area contributed by atoms with Gasteiger partial charge in [-0.1, -0.05) is 36.7 Å². The molecule has 0 aliphatic heterocycles. The molecule has 2 N–H and O–H groups in total. The molecule has 2 rings (SSSR count). The molecule has 0 aliphatic carbocycles. The number of carbonyl (C=O) groups excluding carboxylic acids is 2. The number of hydrogen-bond acceptors (Lipinski definition) is 4. The third-order valence-electron chi connectivity index (χ3n) is 4.27. The number of benzene rings is 2. The van der Waals surface area contributed by atoms with Crippen LogP contribution in [0.1, 0.15) is 37.0 Å². The van der Waals surface area contributed by atoms with Crippen molar-refractivity contribution in [2.75, 3.05) is 32.0 Å². The number of hydrogen-bond donors (Lipinski definition) is 2. The standard InChI is InChI=1S/C22H28ClN3O2S/c1-4-5-13-26(3)14-12-24-22(28)17-6-11-21(20(15-17)25-16(2)27)29-19-9-7-18(23)8-10-19/h6-11,15H,4-5,12-14H2,1-3H3,(H,24,28)(H,25,27). The van der Waals surface area contributed by atoms with Crippen molar-refractivity contribution < 1.29 is 9.59 Å². The quantitative estimate of drug-likeness (QED) is 0.558. The second kappa shape index (κ2) is 11.9. The minimum absolute atomic E-state index is 0.150. The molecule has 2 amide bonds. The van der Waals surface area contributed by atoms with E-state index >= 15 is 0 Å². The summed E-state index contributed by atoms with van der Waals surface area (Å²) in [5.74, 6) is -0.332. The van der Waals surface area contributed by atoms with Gasteiger partial charge in [0.1, 0.15) is 0 Å². The largest absolute Gasteiger partial charge is 0.351 e. The van der Waals surface area contributed by atoms with Gasteiger partial charge in [-0.25, -0.2) is 0 Å². The van der Waals surface area contributed by atoms with Crippen LogP contribution in [0.4, 0.5) is 5.69 Å². The highest BCUT2D eigenvalue weighted by molar-refractivity contribution is 7.99. The number of rotatable bonds is 10. The molecule has 5 nitrogen and oxygen atoms in total. The summed E-state index contributed by atoms with van der Waals surface area (Å²) in [6.07, 6.45) is 2.31. The van der Waals surface area contributed by atoms with Crippen LogP contribution in [0.2, 0.25) is 5.02 Å². The fourth-order valence-electron chi connectivity index (χ4n) is 2.68. The van der Waals surface area contributed by atoms with Crippen LogP contribution in [-0.2, 0) is 4.79 Å². The number of nitrogens with zero attached hydrogens (tertiary/aromatic N) is 1. The Bertz CT molecular complexity index is 827. The van der Waals surface area contributed by atoms with Crippen molar-refractivity contribution >= 4 is 40.9 Å². The number of amides is 2. The van der Waals surface area contributed by atoms with E-state index in [0.29, 0.717) is 22.8 Å². The summed E-state index contributed by atoms with van der Waals surface area (Å²) in [4.78, 5) is 28.2. The van der Waals surface area contributed by atoms with Gasteiger partial charge in [-0.2, -0.15) is 0 Å². The number of likely N-dealkylation sites (N-methyl/N-ethyl adjacent to an activating group) is 1. The lowest BCUT2D eigenvalue weighted by molar-refractivity contribution is -0.114. The summed E-state index contributed by atoms with van der Waals surface area (Å²) in [6, 6.07) is 12.8. The van der Waals surface area contributed by atoms with Gasteiger partial charge in [-0.3, -0.25) is 9.59 Å². The first kappa shape index (κ1) is 23.3. The highest BCUT2D eigenvalue weighted by Gasteiger charge is 2.12. The third-order valence-corrected chi connectivity index (χ3v) is 5.60. The molecule has 0 aliphatic rings. The smallest absolute Gasteiger partial charge is 0.251 e. The Morgan fingerprint density at radius 1 is 1.10 bits per heavy atom. The zero-order valence-corrected chi connectivity index (χ0v) is 18.7. The first-order valence-corrected chi connectivity index (χ1v) is 10.9. The normalized spacial score (nSPS) is 10.8. The molecule has 0 heterocycles. The molecule has 0 fully saturated rings. The summed E-state index contributed by atoms with van der Waals surface area (Å²) in [5, 5.41) is 6.44. The van der Waals surface area contributed by atoms with E-state index in [0.717, 1.165) is 35.7 Å². The molecule has 0 spiro atoms. The predicted octanol–water partition coefficient (Wildman–Crippen LogP) is 4.91. The Kier molecular flexibility index (Phi) is 9.51. The maximum absolute atomic E-state index is 12.5. The Balaban J connectivity index is 2.06. The summed E-state index contributed by atoms with van der Waals surface area (Å²) in [7, 11) is 2.06. The first-order chi connectivity index (χ1) is 13.9. The van der Waals surface area contributed by atoms with Crippen LogP contribution < -0.4 is 10.6 Å². The number of nitrogens with one attached hydrogen (secondary N) is 2. The van der Waals surface area contributed by atoms with E-state index in [1.165, 1.54) is 18.7 Å². The average molecular weight is 434 g/mol. The molecule has 2 aromatic carbocycles. The van der Waals surface area contributed by atoms with Crippen molar-refractivity contribution in [3.05, 3.63) is 53.1 Å². The Labute approximate surface area is 182 Å². The van der Waals surface area contributed by atoms with Gasteiger partial charge in [0.2, 0.25) is 5.91 Å². The van der Waals surface area contributed by atoms with E-state index in [-0.39, 0.29) is 11.8 Å². The molecule has 2 aromatic rings. The van der Waals surface area contributed by atoms with E-state index in [4.69, 9.17) is 11.6 Å². The van der Waals surface area contributed by atoms with E-state index in [2.05, 4.69) is 29.5 Å². The summed E-state index contributed by atoms with van der Waals surface area (Å²) < 4.78 is 0. The molecular weight excluding hydrogens is 406 g/mol. The van der Waals surface area contributed by atoms with E-state index in [9.17, 15) is 9.59 Å². The number of unbranched alkanes of at least 4 members (excludes halogenated alkanes) is 1. The summed E-state index contributed by atoms with van der Waals surface area (Å²) in [6.45, 7) is 6.02. The van der Waals surface area contributed by atoms with Gasteiger partial charge < -0.3 is 15.5 Å². The van der Waals surface area contributed by atoms with Crippen LogP contribution >= 0.6 is 23.4 Å². The van der Waals surface area contributed by atoms with E-state index in [1.54, 1.807) is 12.1 Å². The lowest BCUT2D eigenvalue weighted by Gasteiger charge is -2.16. The molecule has 156 valence electrons. The molecule has 0 atom stereocenters. The zero-order chi connectivity index (χ0) is 21.2. The monoisotopic (exact) mass is 433 g/mol. The zero-order valence-electron chi connectivity index (χ0n) is 17.1. The van der Waals surface area contributed by atoms with Gasteiger partial charge in [0.25, 0.3) is 5.91 Å². The highest BCUT2D eigenvalue weighted by Crippen LogP contribution is 2.34. The predicted molar refractivity (Wildman–Crippen MR) is 121 cm³/mol. The van der Waals surface area contributed by atoms with Gasteiger partial charge >= 0.3 is 0 Å². The molecule has 29 heavy (non-hydrogen) atoms. The van der Waals surface area contributed by atoms with Gasteiger partial charge in [-0.15, -0.1) is 0 Å². The maximum atomic E-state index is 12.5. The van der Waals surface area contributed by atoms with Crippen molar-refractivity contribution in [1.29, 1.82) is 0 Å². The van der Waals surface area contributed by atoms with Crippen molar-refractivity contribution in [2.24, 2.45) is 0 Å². The maximum Gasteiger partial charge on any atom is 0.251 e. The number of halogens is 1. The fourth-order valence-corrected chi connectivity index (χ4v) is 3.69. The Hall–Kier alpha value is -2.02. The molecule has 0 radical (unpaired) electrons. The third kappa shape index (κ3) is 8.09. The number of carbonyl (C=O) groups is 2. The summed E-state index contributed by atoms with van der Waals surface area (Å²) >= 11 is 7.45. The molecule has 0 bridgehead atoms. The van der Waals surface area contributed by atoms with Crippen LogP contribution in [-0.4, -0.2) is 43.4 Å². The molecular formula is C22H28ClN3O2S. The lowest BCUT2D eigenvalue weighted by atomic mass is 10.2. The summed E-state index contributed by atoms with van der Waals surface area (Å²) in [5.41, 5.74) is 1.13. The van der Waals surface area contributed by atoms with Gasteiger partial charge in [0.15, 0.2) is 0 Å². The van der Waals surface area contributed by atoms with Crippen molar-refractivity contribution in [2.45, 2.75) is 36.5 Å². The minimum Gasteiger partial charge on any atom is -0.351 e. The average Bonchev–Trinajstić information content (AvgIpc) is 2.68. The molecule has 0 saturated carbocycles. The topological polar surface area (TPSA) is 61.4 Å². The van der Waals surface area contributed by atoms with E-state index < -0.39 is 0 Å². The fraction of sp³-hybridized carbons (Fsp3) is 0.364. The van der Waals surface area contributed by atoms with Gasteiger partial charge in [0, 0.05) is 40.4 Å². The molecule has 0 saturated heterocycles. The number of anilines is 1. The van der Waals surface area contributed by atoms with E-state index in [1.807, 2.05) is 30.3 Å².